The van der Waals surface area contributed by atoms with Crippen molar-refractivity contribution in [2.45, 2.75) is 45.7 Å². The molecule has 1 unspecified atom stereocenters. The van der Waals surface area contributed by atoms with Gasteiger partial charge in [0, 0.05) is 25.9 Å². The molecule has 38 heavy (non-hydrogen) atoms. The lowest BCUT2D eigenvalue weighted by molar-refractivity contribution is -0.156. The third-order valence-electron chi connectivity index (χ3n) is 6.93. The molecule has 0 spiro atoms. The number of urea groups is 1. The smallest absolute Gasteiger partial charge is 0.325 e. The number of halogens is 1. The number of carbonyl (C=O) groups is 3. The Balaban J connectivity index is 1.62. The second-order valence-corrected chi connectivity index (χ2v) is 9.63. The van der Waals surface area contributed by atoms with Gasteiger partial charge in [-0.25, -0.2) is 14.2 Å². The molecule has 1 saturated heterocycles. The second-order valence-electron chi connectivity index (χ2n) is 9.63. The van der Waals surface area contributed by atoms with Crippen molar-refractivity contribution in [1.82, 2.24) is 25.0 Å². The monoisotopic (exact) mass is 521 g/mol. The number of carbonyl (C=O) groups excluding carboxylic acids is 3. The highest BCUT2D eigenvalue weighted by atomic mass is 19.1. The van der Waals surface area contributed by atoms with Gasteiger partial charge in [-0.2, -0.15) is 5.10 Å². The van der Waals surface area contributed by atoms with Crippen molar-refractivity contribution in [3.8, 4) is 0 Å². The zero-order chi connectivity index (χ0) is 27.7. The van der Waals surface area contributed by atoms with Gasteiger partial charge in [0.15, 0.2) is 0 Å². The number of likely N-dealkylation sites (N-methyl/N-ethyl adjacent to an activating group) is 1. The van der Waals surface area contributed by atoms with Crippen LogP contribution in [0.25, 0.3) is 0 Å². The Kier molecular flexibility index (Phi) is 7.47. The van der Waals surface area contributed by atoms with E-state index in [1.807, 2.05) is 13.0 Å². The molecule has 200 valence electrons. The lowest BCUT2D eigenvalue weighted by atomic mass is 9.81. The Bertz CT molecular complexity index is 1370. The van der Waals surface area contributed by atoms with Gasteiger partial charge in [-0.05, 0) is 61.6 Å². The summed E-state index contributed by atoms with van der Waals surface area (Å²) in [7, 11) is 3.28. The fourth-order valence-corrected chi connectivity index (χ4v) is 4.93. The number of nitrogen functional groups attached to an aromatic ring is 1. The SMILES string of the molecule is CC[C@@H](NC(=O)N1C(=O)C(Cc2cc(C)nc(N)c2)[C@H]1C(=O)N(C)c1ccnn1C)c1ccc(F)c(C)c1. The van der Waals surface area contributed by atoms with E-state index < -0.39 is 35.8 Å². The summed E-state index contributed by atoms with van der Waals surface area (Å²) in [6.45, 7) is 5.32. The number of rotatable bonds is 7. The van der Waals surface area contributed by atoms with Crippen molar-refractivity contribution in [3.05, 3.63) is 70.8 Å². The van der Waals surface area contributed by atoms with Gasteiger partial charge in [-0.3, -0.25) is 24.1 Å². The van der Waals surface area contributed by atoms with E-state index in [0.717, 1.165) is 10.5 Å². The van der Waals surface area contributed by atoms with Crippen LogP contribution in [-0.2, 0) is 23.1 Å². The van der Waals surface area contributed by atoms with Crippen LogP contribution >= 0.6 is 0 Å². The lowest BCUT2D eigenvalue weighted by Crippen LogP contribution is -2.70. The van der Waals surface area contributed by atoms with Crippen LogP contribution in [0, 0.1) is 25.6 Å². The number of β-lactam (4-membered cyclic amide) rings is 1. The van der Waals surface area contributed by atoms with Crippen molar-refractivity contribution in [1.29, 1.82) is 0 Å². The van der Waals surface area contributed by atoms with E-state index in [4.69, 9.17) is 5.73 Å². The first-order valence-electron chi connectivity index (χ1n) is 12.4. The van der Waals surface area contributed by atoms with Crippen molar-refractivity contribution in [3.63, 3.8) is 0 Å². The van der Waals surface area contributed by atoms with Gasteiger partial charge in [0.25, 0.3) is 5.91 Å². The normalized spacial score (nSPS) is 17.6. The molecule has 3 heterocycles. The van der Waals surface area contributed by atoms with Crippen LogP contribution < -0.4 is 16.0 Å². The summed E-state index contributed by atoms with van der Waals surface area (Å²) in [5.41, 5.74) is 8.50. The molecular formula is C27H32FN7O3. The molecule has 0 saturated carbocycles. The zero-order valence-electron chi connectivity index (χ0n) is 22.1. The van der Waals surface area contributed by atoms with Gasteiger partial charge in [-0.1, -0.05) is 19.1 Å². The van der Waals surface area contributed by atoms with E-state index in [9.17, 15) is 18.8 Å². The molecule has 3 atom stereocenters. The van der Waals surface area contributed by atoms with Gasteiger partial charge in [0.05, 0.1) is 18.2 Å². The molecule has 4 amide bonds. The highest BCUT2D eigenvalue weighted by Gasteiger charge is 2.55. The number of nitrogens with zero attached hydrogens (tertiary/aromatic N) is 5. The molecule has 3 aromatic rings. The fourth-order valence-electron chi connectivity index (χ4n) is 4.93. The van der Waals surface area contributed by atoms with E-state index in [-0.39, 0.29) is 12.2 Å². The Morgan fingerprint density at radius 3 is 2.55 bits per heavy atom. The molecule has 3 N–H and O–H groups in total. The number of likely N-dealkylation sites (tertiary alicyclic amines) is 1. The molecule has 2 aromatic heterocycles. The number of aryl methyl sites for hydroxylation is 3. The Hall–Kier alpha value is -4.28. The number of benzene rings is 1. The first kappa shape index (κ1) is 26.8. The molecule has 4 rings (SSSR count). The zero-order valence-corrected chi connectivity index (χ0v) is 22.1. The van der Waals surface area contributed by atoms with Crippen molar-refractivity contribution >= 4 is 29.5 Å². The Morgan fingerprint density at radius 1 is 1.21 bits per heavy atom. The number of hydrogen-bond donors (Lipinski definition) is 2. The predicted octanol–water partition coefficient (Wildman–Crippen LogP) is 3.05. The summed E-state index contributed by atoms with van der Waals surface area (Å²) in [6, 6.07) is 7.58. The van der Waals surface area contributed by atoms with Crippen molar-refractivity contribution < 1.29 is 18.8 Å². The van der Waals surface area contributed by atoms with Crippen LogP contribution in [0.15, 0.2) is 42.6 Å². The number of aromatic nitrogens is 3. The van der Waals surface area contributed by atoms with Crippen LogP contribution in [0.1, 0.15) is 41.8 Å². The number of nitrogens with two attached hydrogens (primary N) is 1. The number of pyridine rings is 1. The fraction of sp³-hybridized carbons (Fsp3) is 0.370. The van der Waals surface area contributed by atoms with Gasteiger partial charge in [-0.15, -0.1) is 0 Å². The van der Waals surface area contributed by atoms with Gasteiger partial charge in [0.2, 0.25) is 5.91 Å². The minimum Gasteiger partial charge on any atom is -0.384 e. The standard InChI is InChI=1S/C27H32FN7O3/c1-6-21(18-7-8-20(28)15(2)11-18)32-27(38)35-24(26(37)33(4)23-9-10-30-34(23)5)19(25(35)36)13-17-12-16(3)31-22(29)14-17/h7-12,14,19,21,24H,6,13H2,1-5H3,(H2,29,31)(H,32,38)/t19?,21-,24+/m1/s1. The Labute approximate surface area is 220 Å². The highest BCUT2D eigenvalue weighted by Crippen LogP contribution is 2.33. The molecule has 10 nitrogen and oxygen atoms in total. The molecule has 1 aromatic carbocycles. The summed E-state index contributed by atoms with van der Waals surface area (Å²) in [6.07, 6.45) is 2.29. The molecule has 1 aliphatic heterocycles. The third-order valence-corrected chi connectivity index (χ3v) is 6.93. The van der Waals surface area contributed by atoms with E-state index >= 15 is 0 Å². The summed E-state index contributed by atoms with van der Waals surface area (Å²) in [4.78, 5) is 47.0. The van der Waals surface area contributed by atoms with Crippen molar-refractivity contribution in [2.75, 3.05) is 17.7 Å². The topological polar surface area (TPSA) is 126 Å². The first-order valence-corrected chi connectivity index (χ1v) is 12.4. The minimum absolute atomic E-state index is 0.222. The van der Waals surface area contributed by atoms with Gasteiger partial charge < -0.3 is 11.1 Å². The molecule has 0 radical (unpaired) electrons. The molecular weight excluding hydrogens is 489 g/mol. The molecule has 1 aliphatic rings. The minimum atomic E-state index is -1.04. The largest absolute Gasteiger partial charge is 0.384 e. The predicted molar refractivity (Wildman–Crippen MR) is 141 cm³/mol. The number of imide groups is 1. The van der Waals surface area contributed by atoms with Crippen LogP contribution in [-0.4, -0.2) is 50.6 Å². The first-order chi connectivity index (χ1) is 18.0. The summed E-state index contributed by atoms with van der Waals surface area (Å²) in [5, 5.41) is 6.97. The second kappa shape index (κ2) is 10.6. The van der Waals surface area contributed by atoms with E-state index in [1.54, 1.807) is 58.4 Å². The number of nitrogens with one attached hydrogen (secondary N) is 1. The quantitative estimate of drug-likeness (QED) is 0.460. The average Bonchev–Trinajstić information content (AvgIpc) is 3.30. The Morgan fingerprint density at radius 2 is 1.95 bits per heavy atom. The number of amides is 4. The molecule has 1 fully saturated rings. The van der Waals surface area contributed by atoms with E-state index in [2.05, 4.69) is 15.4 Å². The summed E-state index contributed by atoms with van der Waals surface area (Å²) in [5.74, 6) is -1.15. The lowest BCUT2D eigenvalue weighted by Gasteiger charge is -2.46. The van der Waals surface area contributed by atoms with E-state index in [0.29, 0.717) is 34.9 Å². The maximum atomic E-state index is 13.8. The van der Waals surface area contributed by atoms with E-state index in [1.165, 1.54) is 15.6 Å². The number of anilines is 2. The molecule has 0 bridgehead atoms. The van der Waals surface area contributed by atoms with Gasteiger partial charge >= 0.3 is 6.03 Å². The maximum Gasteiger partial charge on any atom is 0.325 e. The summed E-state index contributed by atoms with van der Waals surface area (Å²) >= 11 is 0. The number of hydrogen-bond acceptors (Lipinski definition) is 6. The maximum absolute atomic E-state index is 13.8. The average molecular weight is 522 g/mol. The highest BCUT2D eigenvalue weighted by molar-refractivity contribution is 6.12. The third kappa shape index (κ3) is 5.09. The van der Waals surface area contributed by atoms with Crippen molar-refractivity contribution in [2.24, 2.45) is 13.0 Å². The van der Waals surface area contributed by atoms with Crippen LogP contribution in [0.4, 0.5) is 20.8 Å². The summed E-state index contributed by atoms with van der Waals surface area (Å²) < 4.78 is 15.3. The van der Waals surface area contributed by atoms with Crippen LogP contribution in [0.5, 0.6) is 0 Å². The van der Waals surface area contributed by atoms with Gasteiger partial charge in [0.1, 0.15) is 23.5 Å². The van der Waals surface area contributed by atoms with Crippen LogP contribution in [0.2, 0.25) is 0 Å². The molecule has 11 heteroatoms. The van der Waals surface area contributed by atoms with Crippen LogP contribution in [0.3, 0.4) is 0 Å². The molecule has 0 aliphatic carbocycles.